The number of para-hydroxylation sites is 1. The summed E-state index contributed by atoms with van der Waals surface area (Å²) in [6, 6.07) is 19.0. The Morgan fingerprint density at radius 2 is 1.80 bits per heavy atom. The summed E-state index contributed by atoms with van der Waals surface area (Å²) in [5.74, 6) is 0.611. The zero-order valence-corrected chi connectivity index (χ0v) is 17.4. The van der Waals surface area contributed by atoms with Crippen LogP contribution in [0.15, 0.2) is 65.2 Å². The molecule has 0 N–H and O–H groups in total. The van der Waals surface area contributed by atoms with Crippen LogP contribution in [0.2, 0.25) is 0 Å². The van der Waals surface area contributed by atoms with Crippen molar-refractivity contribution in [3.8, 4) is 17.0 Å². The van der Waals surface area contributed by atoms with E-state index in [1.165, 1.54) is 0 Å². The highest BCUT2D eigenvalue weighted by Gasteiger charge is 2.26. The summed E-state index contributed by atoms with van der Waals surface area (Å²) in [5.41, 5.74) is 4.02. The maximum Gasteiger partial charge on any atom is 0.259 e. The molecule has 0 aliphatic carbocycles. The van der Waals surface area contributed by atoms with Crippen molar-refractivity contribution < 1.29 is 14.1 Å². The number of amides is 1. The molecule has 0 aliphatic rings. The van der Waals surface area contributed by atoms with Gasteiger partial charge in [0.05, 0.1) is 35.5 Å². The number of carbonyl (C=O) groups is 1. The van der Waals surface area contributed by atoms with Crippen molar-refractivity contribution in [2.45, 2.75) is 19.9 Å². The normalized spacial score (nSPS) is 12.0. The van der Waals surface area contributed by atoms with Crippen LogP contribution in [0.1, 0.15) is 34.6 Å². The Morgan fingerprint density at radius 3 is 2.53 bits per heavy atom. The molecule has 6 heteroatoms. The highest BCUT2D eigenvalue weighted by molar-refractivity contribution is 6.07. The van der Waals surface area contributed by atoms with Crippen LogP contribution in [0.4, 0.5) is 0 Å². The Morgan fingerprint density at radius 1 is 1.10 bits per heavy atom. The summed E-state index contributed by atoms with van der Waals surface area (Å²) in [4.78, 5) is 19.9. The molecule has 152 valence electrons. The van der Waals surface area contributed by atoms with Crippen LogP contribution in [0.25, 0.3) is 22.4 Å². The van der Waals surface area contributed by atoms with Gasteiger partial charge in [0.1, 0.15) is 5.75 Å². The monoisotopic (exact) mass is 401 g/mol. The first kappa shape index (κ1) is 19.6. The van der Waals surface area contributed by atoms with E-state index in [1.54, 1.807) is 19.1 Å². The lowest BCUT2D eigenvalue weighted by atomic mass is 10.0. The number of carbonyl (C=O) groups excluding carboxylic acids is 1. The third-order valence-corrected chi connectivity index (χ3v) is 5.41. The van der Waals surface area contributed by atoms with Gasteiger partial charge in [0.2, 0.25) is 0 Å². The summed E-state index contributed by atoms with van der Waals surface area (Å²) < 4.78 is 10.9. The van der Waals surface area contributed by atoms with E-state index in [1.807, 2.05) is 74.5 Å². The first-order valence-corrected chi connectivity index (χ1v) is 9.73. The fourth-order valence-electron chi connectivity index (χ4n) is 3.61. The van der Waals surface area contributed by atoms with E-state index >= 15 is 0 Å². The van der Waals surface area contributed by atoms with Gasteiger partial charge < -0.3 is 14.2 Å². The van der Waals surface area contributed by atoms with Gasteiger partial charge in [-0.15, -0.1) is 0 Å². The second-order valence-corrected chi connectivity index (χ2v) is 7.20. The average Bonchev–Trinajstić information content (AvgIpc) is 3.18. The van der Waals surface area contributed by atoms with Crippen LogP contribution in [0.3, 0.4) is 0 Å². The number of nitrogens with zero attached hydrogens (tertiary/aromatic N) is 3. The van der Waals surface area contributed by atoms with Crippen molar-refractivity contribution in [2.75, 3.05) is 14.2 Å². The third kappa shape index (κ3) is 3.41. The minimum atomic E-state index is -0.197. The van der Waals surface area contributed by atoms with Crippen molar-refractivity contribution in [3.05, 3.63) is 77.5 Å². The van der Waals surface area contributed by atoms with Gasteiger partial charge >= 0.3 is 0 Å². The molecule has 2 aromatic heterocycles. The number of aromatic nitrogens is 2. The summed E-state index contributed by atoms with van der Waals surface area (Å²) in [6.45, 7) is 3.79. The van der Waals surface area contributed by atoms with E-state index in [4.69, 9.17) is 9.26 Å². The van der Waals surface area contributed by atoms with E-state index in [0.717, 1.165) is 16.9 Å². The highest BCUT2D eigenvalue weighted by atomic mass is 16.5. The van der Waals surface area contributed by atoms with Gasteiger partial charge in [-0.3, -0.25) is 4.79 Å². The zero-order chi connectivity index (χ0) is 21.3. The number of fused-ring (bicyclic) bond motifs is 1. The molecule has 1 amide bonds. The Labute approximate surface area is 175 Å². The van der Waals surface area contributed by atoms with Crippen molar-refractivity contribution >= 4 is 17.0 Å². The molecule has 0 spiro atoms. The lowest BCUT2D eigenvalue weighted by molar-refractivity contribution is 0.0743. The smallest absolute Gasteiger partial charge is 0.259 e. The number of methoxy groups -OCH3 is 1. The first-order chi connectivity index (χ1) is 14.5. The van der Waals surface area contributed by atoms with E-state index in [2.05, 4.69) is 10.1 Å². The number of ether oxygens (including phenoxy) is 1. The largest absolute Gasteiger partial charge is 0.496 e. The van der Waals surface area contributed by atoms with Gasteiger partial charge in [0.25, 0.3) is 11.6 Å². The molecule has 0 aliphatic heterocycles. The van der Waals surface area contributed by atoms with Crippen molar-refractivity contribution in [1.82, 2.24) is 15.0 Å². The fourth-order valence-corrected chi connectivity index (χ4v) is 3.61. The van der Waals surface area contributed by atoms with Gasteiger partial charge in [0, 0.05) is 18.2 Å². The van der Waals surface area contributed by atoms with Crippen LogP contribution in [-0.2, 0) is 0 Å². The Kier molecular flexibility index (Phi) is 5.23. The van der Waals surface area contributed by atoms with Crippen LogP contribution in [-0.4, -0.2) is 35.1 Å². The molecule has 0 saturated heterocycles. The van der Waals surface area contributed by atoms with Crippen LogP contribution in [0, 0.1) is 6.92 Å². The standard InChI is InChI=1S/C24H23N3O3/c1-15-22-19(14-20(25-23(22)30-26-15)17-10-6-5-7-11-17)24(28)27(3)16(2)18-12-8-9-13-21(18)29-4/h5-14,16H,1-4H3. The lowest BCUT2D eigenvalue weighted by Crippen LogP contribution is -2.30. The minimum Gasteiger partial charge on any atom is -0.496 e. The SMILES string of the molecule is COc1ccccc1C(C)N(C)C(=O)c1cc(-c2ccccc2)nc2onc(C)c12. The topological polar surface area (TPSA) is 68.5 Å². The molecule has 0 saturated carbocycles. The highest BCUT2D eigenvalue weighted by Crippen LogP contribution is 2.32. The zero-order valence-electron chi connectivity index (χ0n) is 17.4. The maximum absolute atomic E-state index is 13.6. The summed E-state index contributed by atoms with van der Waals surface area (Å²) in [6.07, 6.45) is 0. The predicted octanol–water partition coefficient (Wildman–Crippen LogP) is 5.04. The van der Waals surface area contributed by atoms with E-state index in [9.17, 15) is 4.79 Å². The summed E-state index contributed by atoms with van der Waals surface area (Å²) >= 11 is 0. The molecule has 30 heavy (non-hydrogen) atoms. The number of benzene rings is 2. The number of pyridine rings is 1. The number of hydrogen-bond donors (Lipinski definition) is 0. The van der Waals surface area contributed by atoms with E-state index in [-0.39, 0.29) is 11.9 Å². The van der Waals surface area contributed by atoms with Gasteiger partial charge in [-0.05, 0) is 26.0 Å². The van der Waals surface area contributed by atoms with Crippen LogP contribution < -0.4 is 4.74 Å². The molecule has 2 heterocycles. The van der Waals surface area contributed by atoms with Gasteiger partial charge in [-0.1, -0.05) is 53.7 Å². The molecule has 1 atom stereocenters. The predicted molar refractivity (Wildman–Crippen MR) is 115 cm³/mol. The van der Waals surface area contributed by atoms with Gasteiger partial charge in [0.15, 0.2) is 0 Å². The van der Waals surface area contributed by atoms with Crippen LogP contribution in [0.5, 0.6) is 5.75 Å². The van der Waals surface area contributed by atoms with Crippen molar-refractivity contribution in [3.63, 3.8) is 0 Å². The third-order valence-electron chi connectivity index (χ3n) is 5.41. The Bertz CT molecular complexity index is 1200. The minimum absolute atomic E-state index is 0.135. The van der Waals surface area contributed by atoms with Gasteiger partial charge in [-0.25, -0.2) is 4.98 Å². The molecule has 4 aromatic rings. The number of hydrogen-bond acceptors (Lipinski definition) is 5. The second-order valence-electron chi connectivity index (χ2n) is 7.20. The number of aryl methyl sites for hydroxylation is 1. The Hall–Kier alpha value is -3.67. The van der Waals surface area contributed by atoms with Gasteiger partial charge in [-0.2, -0.15) is 0 Å². The summed E-state index contributed by atoms with van der Waals surface area (Å²) in [7, 11) is 3.42. The number of rotatable bonds is 5. The summed E-state index contributed by atoms with van der Waals surface area (Å²) in [5, 5.41) is 4.67. The first-order valence-electron chi connectivity index (χ1n) is 9.73. The molecule has 0 fully saturated rings. The molecule has 1 unspecified atom stereocenters. The molecule has 2 aromatic carbocycles. The maximum atomic E-state index is 13.6. The second kappa shape index (κ2) is 7.99. The van der Waals surface area contributed by atoms with E-state index < -0.39 is 0 Å². The average molecular weight is 401 g/mol. The molecule has 6 nitrogen and oxygen atoms in total. The molecule has 4 rings (SSSR count). The Balaban J connectivity index is 1.79. The lowest BCUT2D eigenvalue weighted by Gasteiger charge is -2.27. The molecular formula is C24H23N3O3. The molecular weight excluding hydrogens is 378 g/mol. The van der Waals surface area contributed by atoms with Crippen molar-refractivity contribution in [2.24, 2.45) is 0 Å². The molecule has 0 radical (unpaired) electrons. The van der Waals surface area contributed by atoms with Crippen molar-refractivity contribution in [1.29, 1.82) is 0 Å². The fraction of sp³-hybridized carbons (Fsp3) is 0.208. The van der Waals surface area contributed by atoms with Crippen LogP contribution >= 0.6 is 0 Å². The molecule has 0 bridgehead atoms. The quantitative estimate of drug-likeness (QED) is 0.469. The van der Waals surface area contributed by atoms with E-state index in [0.29, 0.717) is 28.1 Å².